The monoisotopic (exact) mass is 625 g/mol. The molecule has 5 rings (SSSR count). The van der Waals surface area contributed by atoms with Crippen LogP contribution in [0.2, 0.25) is 0 Å². The van der Waals surface area contributed by atoms with Crippen molar-refractivity contribution in [3.8, 4) is 5.75 Å². The maximum Gasteiger partial charge on any atom is 0.350 e. The molecule has 1 atom stereocenters. The average Bonchev–Trinajstić information content (AvgIpc) is 3.55. The first kappa shape index (κ1) is 30.8. The summed E-state index contributed by atoms with van der Waals surface area (Å²) < 4.78 is 11.1. The van der Waals surface area contributed by atoms with Gasteiger partial charge in [-0.1, -0.05) is 54.3 Å². The van der Waals surface area contributed by atoms with E-state index in [1.165, 1.54) is 30.3 Å². The summed E-state index contributed by atoms with van der Waals surface area (Å²) in [5.41, 5.74) is 2.05. The van der Waals surface area contributed by atoms with Crippen molar-refractivity contribution in [1.29, 1.82) is 0 Å². The number of aryl methyl sites for hydroxylation is 2. The Morgan fingerprint density at radius 3 is 2.47 bits per heavy atom. The number of esters is 1. The van der Waals surface area contributed by atoms with Gasteiger partial charge in [-0.3, -0.25) is 24.6 Å². The SMILES string of the molecule is C=CCOC(=O)c1sc(N2C(=O)C(=O)/C(=C(/O)c3ccc(OCc4ccccc4)c(C)c3)C2c2ccc([N+](=O)[O-])cc2)nc1C. The molecule has 3 aromatic carbocycles. The minimum atomic E-state index is -1.21. The van der Waals surface area contributed by atoms with Crippen molar-refractivity contribution in [2.45, 2.75) is 26.5 Å². The maximum absolute atomic E-state index is 13.6. The third kappa shape index (κ3) is 6.22. The zero-order chi connectivity index (χ0) is 32.2. The lowest BCUT2D eigenvalue weighted by Gasteiger charge is -2.23. The fourth-order valence-corrected chi connectivity index (χ4v) is 5.84. The van der Waals surface area contributed by atoms with Crippen molar-refractivity contribution in [2.75, 3.05) is 11.5 Å². The Kier molecular flexibility index (Phi) is 8.86. The van der Waals surface area contributed by atoms with Crippen LogP contribution < -0.4 is 9.64 Å². The maximum atomic E-state index is 13.6. The summed E-state index contributed by atoms with van der Waals surface area (Å²) in [5.74, 6) is -2.53. The number of aliphatic hydroxyl groups is 1. The highest BCUT2D eigenvalue weighted by molar-refractivity contribution is 7.17. The van der Waals surface area contributed by atoms with Crippen molar-refractivity contribution in [3.63, 3.8) is 0 Å². The Morgan fingerprint density at radius 1 is 1.11 bits per heavy atom. The number of rotatable bonds is 10. The smallest absolute Gasteiger partial charge is 0.350 e. The van der Waals surface area contributed by atoms with Gasteiger partial charge in [0, 0.05) is 17.7 Å². The lowest BCUT2D eigenvalue weighted by Crippen LogP contribution is -2.29. The Bertz CT molecular complexity index is 1850. The van der Waals surface area contributed by atoms with E-state index in [1.54, 1.807) is 32.0 Å². The van der Waals surface area contributed by atoms with Gasteiger partial charge in [0.1, 0.15) is 29.6 Å². The highest BCUT2D eigenvalue weighted by Gasteiger charge is 2.48. The van der Waals surface area contributed by atoms with E-state index in [2.05, 4.69) is 11.6 Å². The number of aromatic nitrogens is 1. The second kappa shape index (κ2) is 12.9. The van der Waals surface area contributed by atoms with Gasteiger partial charge in [0.25, 0.3) is 11.5 Å². The molecule has 0 spiro atoms. The van der Waals surface area contributed by atoms with Gasteiger partial charge in [-0.05, 0) is 60.9 Å². The minimum absolute atomic E-state index is 0.0170. The van der Waals surface area contributed by atoms with Crippen LogP contribution in [0.5, 0.6) is 5.75 Å². The van der Waals surface area contributed by atoms with Crippen LogP contribution in [0.15, 0.2) is 91.0 Å². The third-order valence-electron chi connectivity index (χ3n) is 7.06. The number of thiazole rings is 1. The molecule has 0 saturated carbocycles. The van der Waals surface area contributed by atoms with Crippen LogP contribution in [0, 0.1) is 24.0 Å². The van der Waals surface area contributed by atoms with Gasteiger partial charge in [-0.2, -0.15) is 0 Å². The Hall–Kier alpha value is -5.62. The summed E-state index contributed by atoms with van der Waals surface area (Å²) in [4.78, 5) is 56.1. The van der Waals surface area contributed by atoms with E-state index < -0.39 is 34.4 Å². The number of carbonyl (C=O) groups is 3. The highest BCUT2D eigenvalue weighted by Crippen LogP contribution is 2.44. The van der Waals surface area contributed by atoms with Crippen LogP contribution in [0.3, 0.4) is 0 Å². The van der Waals surface area contributed by atoms with E-state index in [1.807, 2.05) is 30.3 Å². The Morgan fingerprint density at radius 2 is 1.82 bits per heavy atom. The molecule has 0 radical (unpaired) electrons. The van der Waals surface area contributed by atoms with Crippen LogP contribution in [0.25, 0.3) is 5.76 Å². The number of nitrogens with zero attached hydrogens (tertiary/aromatic N) is 3. The lowest BCUT2D eigenvalue weighted by molar-refractivity contribution is -0.384. The van der Waals surface area contributed by atoms with Gasteiger partial charge in [-0.15, -0.1) is 0 Å². The summed E-state index contributed by atoms with van der Waals surface area (Å²) in [7, 11) is 0. The number of carbonyl (C=O) groups excluding carboxylic acids is 3. The molecule has 1 unspecified atom stereocenters. The molecule has 45 heavy (non-hydrogen) atoms. The number of ketones is 1. The number of hydrogen-bond acceptors (Lipinski definition) is 10. The largest absolute Gasteiger partial charge is 0.507 e. The average molecular weight is 626 g/mol. The molecule has 0 aliphatic carbocycles. The highest BCUT2D eigenvalue weighted by atomic mass is 32.1. The van der Waals surface area contributed by atoms with Gasteiger partial charge in [-0.25, -0.2) is 9.78 Å². The van der Waals surface area contributed by atoms with Crippen molar-refractivity contribution in [1.82, 2.24) is 4.98 Å². The van der Waals surface area contributed by atoms with E-state index in [9.17, 15) is 29.6 Å². The second-order valence-corrected chi connectivity index (χ2v) is 11.0. The number of non-ortho nitro benzene ring substituents is 1. The fourth-order valence-electron chi connectivity index (χ4n) is 4.85. The number of nitro groups is 1. The number of Topliss-reactive ketones (excluding diaryl/α,β-unsaturated/α-hetero) is 1. The topological polar surface area (TPSA) is 149 Å². The zero-order valence-corrected chi connectivity index (χ0v) is 25.1. The van der Waals surface area contributed by atoms with Crippen molar-refractivity contribution in [2.24, 2.45) is 0 Å². The van der Waals surface area contributed by atoms with Gasteiger partial charge in [0.05, 0.1) is 22.2 Å². The molecule has 4 aromatic rings. The van der Waals surface area contributed by atoms with E-state index in [-0.39, 0.29) is 39.1 Å². The first-order valence-corrected chi connectivity index (χ1v) is 14.5. The van der Waals surface area contributed by atoms with Gasteiger partial charge >= 0.3 is 11.9 Å². The number of hydrogen-bond donors (Lipinski definition) is 1. The molecule has 1 aliphatic heterocycles. The molecule has 12 heteroatoms. The predicted molar refractivity (Wildman–Crippen MR) is 167 cm³/mol. The number of anilines is 1. The van der Waals surface area contributed by atoms with E-state index in [4.69, 9.17) is 9.47 Å². The predicted octanol–water partition coefficient (Wildman–Crippen LogP) is 6.22. The molecule has 1 N–H and O–H groups in total. The second-order valence-electron chi connectivity index (χ2n) is 10.1. The van der Waals surface area contributed by atoms with Crippen LogP contribution in [0.1, 0.15) is 43.7 Å². The van der Waals surface area contributed by atoms with E-state index in [0.717, 1.165) is 21.8 Å². The van der Waals surface area contributed by atoms with Crippen LogP contribution in [0.4, 0.5) is 10.8 Å². The van der Waals surface area contributed by atoms with Crippen LogP contribution in [-0.2, 0) is 20.9 Å². The summed E-state index contributed by atoms with van der Waals surface area (Å²) in [6, 6.07) is 18.5. The number of aliphatic hydroxyl groups excluding tert-OH is 1. The quantitative estimate of drug-likeness (QED) is 0.0412. The number of amides is 1. The summed E-state index contributed by atoms with van der Waals surface area (Å²) in [6.45, 7) is 7.16. The number of ether oxygens (including phenoxy) is 2. The molecule has 1 aromatic heterocycles. The molecule has 1 fully saturated rings. The molecule has 1 amide bonds. The minimum Gasteiger partial charge on any atom is -0.507 e. The molecule has 228 valence electrons. The van der Waals surface area contributed by atoms with E-state index in [0.29, 0.717) is 23.5 Å². The summed E-state index contributed by atoms with van der Waals surface area (Å²) in [5, 5.41) is 22.9. The third-order valence-corrected chi connectivity index (χ3v) is 8.20. The first-order valence-electron chi connectivity index (χ1n) is 13.7. The fraction of sp³-hybridized carbons (Fsp3) is 0.152. The van der Waals surface area contributed by atoms with Crippen molar-refractivity contribution < 1.29 is 33.9 Å². The molecule has 2 heterocycles. The van der Waals surface area contributed by atoms with E-state index >= 15 is 0 Å². The number of benzene rings is 3. The first-order chi connectivity index (χ1) is 21.6. The number of nitro benzene ring substituents is 1. The summed E-state index contributed by atoms with van der Waals surface area (Å²) in [6.07, 6.45) is 1.41. The van der Waals surface area contributed by atoms with Crippen molar-refractivity contribution >= 4 is 45.6 Å². The standard InChI is InChI=1S/C33H27N3O8S/c1-4-16-43-32(40)30-20(3)34-33(45-30)35-27(22-10-13-24(14-11-22)36(41)42)26(29(38)31(35)39)28(37)23-12-15-25(19(2)17-23)44-18-21-8-6-5-7-9-21/h4-15,17,27,37H,1,16,18H2,2-3H3/b28-26+. The summed E-state index contributed by atoms with van der Waals surface area (Å²) >= 11 is 0.849. The zero-order valence-electron chi connectivity index (χ0n) is 24.3. The van der Waals surface area contributed by atoms with Crippen LogP contribution >= 0.6 is 11.3 Å². The molecule has 1 aliphatic rings. The molecular weight excluding hydrogens is 598 g/mol. The Labute approximate surface area is 261 Å². The van der Waals surface area contributed by atoms with Crippen molar-refractivity contribution in [3.05, 3.63) is 134 Å². The van der Waals surface area contributed by atoms with Gasteiger partial charge in [0.15, 0.2) is 5.13 Å². The molecule has 1 saturated heterocycles. The molecule has 0 bridgehead atoms. The van der Waals surface area contributed by atoms with Gasteiger partial charge in [0.2, 0.25) is 0 Å². The molecule has 11 nitrogen and oxygen atoms in total. The molecular formula is C33H27N3O8S. The lowest BCUT2D eigenvalue weighted by atomic mass is 9.94. The van der Waals surface area contributed by atoms with Gasteiger partial charge < -0.3 is 14.6 Å². The Balaban J connectivity index is 1.57. The van der Waals surface area contributed by atoms with Crippen LogP contribution in [-0.4, -0.2) is 39.3 Å². The normalized spacial score (nSPS) is 15.6.